The smallest absolute Gasteiger partial charge is 0.278 e. The molecule has 0 spiro atoms. The second-order valence-corrected chi connectivity index (χ2v) is 8.55. The summed E-state index contributed by atoms with van der Waals surface area (Å²) in [4.78, 5) is 17.3. The number of aliphatic imine (C=N–C) groups is 2. The number of nitrogens with zero attached hydrogens (tertiary/aromatic N) is 2. The Morgan fingerprint density at radius 2 is 1.84 bits per heavy atom. The maximum absolute atomic E-state index is 14.9. The van der Waals surface area contributed by atoms with Gasteiger partial charge in [-0.15, -0.1) is 11.6 Å². The quantitative estimate of drug-likeness (QED) is 0.0583. The number of aldehydes is 1. The van der Waals surface area contributed by atoms with Crippen molar-refractivity contribution in [3.05, 3.63) is 46.4 Å². The van der Waals surface area contributed by atoms with Crippen LogP contribution in [-0.2, 0) is 22.0 Å². The first-order chi connectivity index (χ1) is 18.2. The Labute approximate surface area is 233 Å². The topological polar surface area (TPSA) is 63.1 Å². The molecular formula is C29H47ClF3N3O2. The third kappa shape index (κ3) is 13.6. The molecule has 9 heteroatoms. The van der Waals surface area contributed by atoms with Crippen molar-refractivity contribution in [2.24, 2.45) is 15.9 Å². The molecule has 0 aromatic heterocycles. The van der Waals surface area contributed by atoms with Crippen LogP contribution in [0.3, 0.4) is 0 Å². The van der Waals surface area contributed by atoms with Crippen molar-refractivity contribution < 1.29 is 22.7 Å². The van der Waals surface area contributed by atoms with Gasteiger partial charge < -0.3 is 14.8 Å². The fourth-order valence-corrected chi connectivity index (χ4v) is 3.52. The Hall–Kier alpha value is -2.19. The Balaban J connectivity index is 0. The minimum absolute atomic E-state index is 0.0874. The highest BCUT2D eigenvalue weighted by molar-refractivity contribution is 6.17. The second kappa shape index (κ2) is 22.8. The summed E-state index contributed by atoms with van der Waals surface area (Å²) >= 11 is 5.93. The lowest BCUT2D eigenvalue weighted by atomic mass is 9.95. The van der Waals surface area contributed by atoms with Crippen molar-refractivity contribution in [2.45, 2.75) is 93.0 Å². The molecule has 0 radical (unpaired) electrons. The van der Waals surface area contributed by atoms with Gasteiger partial charge in [-0.2, -0.15) is 0 Å². The molecule has 0 aliphatic rings. The molecule has 38 heavy (non-hydrogen) atoms. The zero-order valence-electron chi connectivity index (χ0n) is 24.2. The number of amidine groups is 1. The molecule has 5 nitrogen and oxygen atoms in total. The van der Waals surface area contributed by atoms with Crippen molar-refractivity contribution in [2.75, 3.05) is 19.2 Å². The average Bonchev–Trinajstić information content (AvgIpc) is 2.90. The van der Waals surface area contributed by atoms with Crippen LogP contribution in [0.2, 0.25) is 0 Å². The molecule has 0 bridgehead atoms. The van der Waals surface area contributed by atoms with Gasteiger partial charge in [-0.25, -0.2) is 18.2 Å². The third-order valence-electron chi connectivity index (χ3n) is 5.29. The van der Waals surface area contributed by atoms with Crippen LogP contribution in [-0.4, -0.2) is 38.1 Å². The van der Waals surface area contributed by atoms with Crippen LogP contribution >= 0.6 is 11.6 Å². The van der Waals surface area contributed by atoms with Crippen LogP contribution in [0.15, 0.2) is 39.5 Å². The van der Waals surface area contributed by atoms with Crippen LogP contribution in [0.1, 0.15) is 91.7 Å². The fraction of sp³-hybridized carbons (Fsp3) is 0.621. The van der Waals surface area contributed by atoms with E-state index in [1.54, 1.807) is 0 Å². The summed E-state index contributed by atoms with van der Waals surface area (Å²) in [5.41, 5.74) is 1.20. The van der Waals surface area contributed by atoms with E-state index in [2.05, 4.69) is 28.9 Å². The average molecular weight is 562 g/mol. The van der Waals surface area contributed by atoms with Crippen LogP contribution < -0.4 is 5.32 Å². The molecule has 1 rings (SSSR count). The van der Waals surface area contributed by atoms with Crippen molar-refractivity contribution >= 4 is 30.4 Å². The lowest BCUT2D eigenvalue weighted by Crippen LogP contribution is -2.23. The van der Waals surface area contributed by atoms with Crippen molar-refractivity contribution in [1.82, 2.24) is 5.32 Å². The summed E-state index contributed by atoms with van der Waals surface area (Å²) in [5, 5.41) is 3.16. The molecule has 0 heterocycles. The Morgan fingerprint density at radius 1 is 1.21 bits per heavy atom. The molecule has 0 unspecified atom stereocenters. The number of halogens is 4. The molecule has 1 aromatic carbocycles. The molecular weight excluding hydrogens is 515 g/mol. The first-order valence-electron chi connectivity index (χ1n) is 13.3. The Morgan fingerprint density at radius 3 is 2.34 bits per heavy atom. The summed E-state index contributed by atoms with van der Waals surface area (Å²) in [6.07, 6.45) is 4.86. The van der Waals surface area contributed by atoms with Crippen LogP contribution in [0.5, 0.6) is 0 Å². The Bertz CT molecular complexity index is 859. The predicted octanol–water partition coefficient (Wildman–Crippen LogP) is 8.45. The zero-order valence-corrected chi connectivity index (χ0v) is 24.9. The van der Waals surface area contributed by atoms with E-state index >= 15 is 0 Å². The second-order valence-electron chi connectivity index (χ2n) is 8.28. The highest BCUT2D eigenvalue weighted by atomic mass is 35.5. The lowest BCUT2D eigenvalue weighted by Gasteiger charge is -2.22. The normalized spacial score (nSPS) is 12.1. The molecule has 218 valence electrons. The number of ether oxygens (including phenoxy) is 1. The summed E-state index contributed by atoms with van der Waals surface area (Å²) in [6, 6.07) is 4.23. The number of benzene rings is 1. The van der Waals surface area contributed by atoms with Gasteiger partial charge in [-0.3, -0.25) is 4.99 Å². The van der Waals surface area contributed by atoms with E-state index in [9.17, 15) is 13.2 Å². The largest absolute Gasteiger partial charge is 0.381 e. The first kappa shape index (κ1) is 38.0. The monoisotopic (exact) mass is 561 g/mol. The fourth-order valence-electron chi connectivity index (χ4n) is 3.36. The van der Waals surface area contributed by atoms with Crippen LogP contribution in [0.4, 0.5) is 13.2 Å². The predicted molar refractivity (Wildman–Crippen MR) is 155 cm³/mol. The van der Waals surface area contributed by atoms with E-state index in [0.29, 0.717) is 18.9 Å². The molecule has 0 amide bonds. The molecule has 1 N–H and O–H groups in total. The number of nitrogens with one attached hydrogen (secondary N) is 1. The minimum atomic E-state index is -3.27. The molecule has 0 saturated heterocycles. The van der Waals surface area contributed by atoms with E-state index in [4.69, 9.17) is 21.1 Å². The number of hydrogen-bond donors (Lipinski definition) is 1. The number of carbonyl (C=O) groups excluding carboxylic acids is 1. The number of unbranched alkanes of at least 4 members (excludes halogenated alkanes) is 1. The number of carbonyl (C=O) groups is 1. The van der Waals surface area contributed by atoms with Gasteiger partial charge >= 0.3 is 0 Å². The highest BCUT2D eigenvalue weighted by Crippen LogP contribution is 2.37. The summed E-state index contributed by atoms with van der Waals surface area (Å²) < 4.78 is 49.3. The van der Waals surface area contributed by atoms with Gasteiger partial charge in [0.05, 0.1) is 18.1 Å². The molecule has 1 aromatic rings. The van der Waals surface area contributed by atoms with Gasteiger partial charge in [0.2, 0.25) is 0 Å². The summed E-state index contributed by atoms with van der Waals surface area (Å²) in [6.45, 7) is 17.1. The molecule has 0 saturated carbocycles. The van der Waals surface area contributed by atoms with Crippen molar-refractivity contribution in [3.8, 4) is 0 Å². The van der Waals surface area contributed by atoms with Gasteiger partial charge in [0.25, 0.3) is 5.92 Å². The SMILES string of the molecule is C=NC(=NCc1cccc(C(F)(F)C(C)C)c1F)/C(CC)=C(/CCCCOCCC)NCCl.CC.CC=O. The molecule has 0 fully saturated rings. The van der Waals surface area contributed by atoms with E-state index < -0.39 is 23.2 Å². The summed E-state index contributed by atoms with van der Waals surface area (Å²) in [5.74, 6) is -4.87. The zero-order chi connectivity index (χ0) is 29.6. The Kier molecular flexibility index (Phi) is 22.7. The number of rotatable bonds is 15. The van der Waals surface area contributed by atoms with Gasteiger partial charge in [-0.1, -0.05) is 59.7 Å². The molecule has 0 aliphatic heterocycles. The van der Waals surface area contributed by atoms with E-state index in [1.807, 2.05) is 20.8 Å². The van der Waals surface area contributed by atoms with Crippen LogP contribution in [0.25, 0.3) is 0 Å². The van der Waals surface area contributed by atoms with E-state index in [0.717, 1.165) is 55.9 Å². The van der Waals surface area contributed by atoms with Crippen molar-refractivity contribution in [1.29, 1.82) is 0 Å². The highest BCUT2D eigenvalue weighted by Gasteiger charge is 2.38. The molecule has 0 aliphatic carbocycles. The standard InChI is InChI=1S/C25H37ClF3N3O.C2H4O.C2H6/c1-6-14-33-15-9-8-13-22(32-17-26)20(7-2)24(30-5)31-16-19-11-10-12-21(23(19)27)25(28,29)18(3)4;1-2-3;1-2/h10-12,18,32H,5-9,13-17H2,1-4H3;2H,1H3;1-2H3/b22-20-,31-24?;;. The number of allylic oxidation sites excluding steroid dienone is 1. The van der Waals surface area contributed by atoms with Gasteiger partial charge in [0.15, 0.2) is 5.84 Å². The summed E-state index contributed by atoms with van der Waals surface area (Å²) in [7, 11) is 0. The van der Waals surface area contributed by atoms with Gasteiger partial charge in [-0.05, 0) is 45.7 Å². The molecule has 0 atom stereocenters. The number of hydrogen-bond acceptors (Lipinski definition) is 4. The minimum Gasteiger partial charge on any atom is -0.381 e. The van der Waals surface area contributed by atoms with E-state index in [-0.39, 0.29) is 18.1 Å². The van der Waals surface area contributed by atoms with Gasteiger partial charge in [0, 0.05) is 36.0 Å². The first-order valence-corrected chi connectivity index (χ1v) is 13.9. The van der Waals surface area contributed by atoms with Crippen LogP contribution in [0, 0.1) is 11.7 Å². The maximum Gasteiger partial charge on any atom is 0.278 e. The van der Waals surface area contributed by atoms with Gasteiger partial charge in [0.1, 0.15) is 12.1 Å². The number of alkyl halides is 3. The maximum atomic E-state index is 14.9. The third-order valence-corrected chi connectivity index (χ3v) is 5.43. The lowest BCUT2D eigenvalue weighted by molar-refractivity contribution is -0.106. The van der Waals surface area contributed by atoms with Crippen molar-refractivity contribution in [3.63, 3.8) is 0 Å². The van der Waals surface area contributed by atoms with E-state index in [1.165, 1.54) is 32.9 Å².